The van der Waals surface area contributed by atoms with Crippen molar-refractivity contribution in [2.24, 2.45) is 5.92 Å². The van der Waals surface area contributed by atoms with Gasteiger partial charge in [0.1, 0.15) is 18.5 Å². The minimum Gasteiger partial charge on any atom is -0.343 e. The second kappa shape index (κ2) is 4.59. The quantitative estimate of drug-likeness (QED) is 0.754. The van der Waals surface area contributed by atoms with Crippen LogP contribution in [-0.4, -0.2) is 18.2 Å². The fraction of sp³-hybridized carbons (Fsp3) is 0.500. The predicted octanol–water partition coefficient (Wildman–Crippen LogP) is 2.71. The molecule has 1 fully saturated rings. The van der Waals surface area contributed by atoms with E-state index in [1.165, 1.54) is 0 Å². The monoisotopic (exact) mass is 234 g/mol. The molecule has 1 heterocycles. The summed E-state index contributed by atoms with van der Waals surface area (Å²) in [4.78, 5) is 10.9. The second-order valence-corrected chi connectivity index (χ2v) is 4.93. The first kappa shape index (κ1) is 12.3. The number of rotatable bonds is 3. The van der Waals surface area contributed by atoms with Crippen LogP contribution in [0.5, 0.6) is 0 Å². The first-order chi connectivity index (χ1) is 8.03. The minimum atomic E-state index is -0.636. The van der Waals surface area contributed by atoms with Crippen molar-refractivity contribution in [2.45, 2.75) is 38.8 Å². The highest BCUT2D eigenvalue weighted by atomic mass is 16.8. The fourth-order valence-electron chi connectivity index (χ4n) is 2.15. The van der Waals surface area contributed by atoms with Crippen molar-refractivity contribution in [3.8, 4) is 0 Å². The van der Waals surface area contributed by atoms with Crippen molar-refractivity contribution in [3.63, 3.8) is 0 Å². The van der Waals surface area contributed by atoms with Gasteiger partial charge in [-0.2, -0.15) is 0 Å². The molecular formula is C14H18O3. The van der Waals surface area contributed by atoms with Crippen molar-refractivity contribution in [1.29, 1.82) is 0 Å². The summed E-state index contributed by atoms with van der Waals surface area (Å²) in [5.74, 6) is -0.815. The number of aldehydes is 1. The lowest BCUT2D eigenvalue weighted by Crippen LogP contribution is -2.26. The van der Waals surface area contributed by atoms with Gasteiger partial charge >= 0.3 is 0 Å². The van der Waals surface area contributed by atoms with E-state index in [2.05, 4.69) is 0 Å². The maximum Gasteiger partial charge on any atom is 0.164 e. The summed E-state index contributed by atoms with van der Waals surface area (Å²) in [5, 5.41) is 0. The van der Waals surface area contributed by atoms with E-state index in [1.807, 2.05) is 51.1 Å². The summed E-state index contributed by atoms with van der Waals surface area (Å²) < 4.78 is 11.7. The van der Waals surface area contributed by atoms with E-state index in [0.717, 1.165) is 11.8 Å². The van der Waals surface area contributed by atoms with Gasteiger partial charge in [-0.1, -0.05) is 37.3 Å². The molecule has 0 amide bonds. The molecule has 0 aliphatic carbocycles. The molecule has 3 atom stereocenters. The lowest BCUT2D eigenvalue weighted by molar-refractivity contribution is -0.151. The Morgan fingerprint density at radius 3 is 2.47 bits per heavy atom. The largest absolute Gasteiger partial charge is 0.343 e. The molecule has 0 radical (unpaired) electrons. The third-order valence-electron chi connectivity index (χ3n) is 2.99. The molecule has 3 heteroatoms. The van der Waals surface area contributed by atoms with Gasteiger partial charge in [-0.25, -0.2) is 0 Å². The summed E-state index contributed by atoms with van der Waals surface area (Å²) in [7, 11) is 0. The molecule has 0 bridgehead atoms. The topological polar surface area (TPSA) is 35.5 Å². The van der Waals surface area contributed by atoms with Crippen molar-refractivity contribution in [3.05, 3.63) is 35.9 Å². The van der Waals surface area contributed by atoms with Crippen LogP contribution in [0, 0.1) is 5.92 Å². The lowest BCUT2D eigenvalue weighted by atomic mass is 9.96. The van der Waals surface area contributed by atoms with Crippen molar-refractivity contribution < 1.29 is 14.3 Å². The van der Waals surface area contributed by atoms with E-state index in [0.29, 0.717) is 0 Å². The molecule has 17 heavy (non-hydrogen) atoms. The Morgan fingerprint density at radius 1 is 1.24 bits per heavy atom. The van der Waals surface area contributed by atoms with E-state index in [-0.39, 0.29) is 18.1 Å². The molecule has 0 spiro atoms. The normalized spacial score (nSPS) is 28.9. The molecule has 0 aromatic heterocycles. The Hall–Kier alpha value is -1.19. The smallest absolute Gasteiger partial charge is 0.164 e. The zero-order chi connectivity index (χ0) is 12.5. The Bertz CT molecular complexity index is 386. The zero-order valence-electron chi connectivity index (χ0n) is 10.4. The highest BCUT2D eigenvalue weighted by Gasteiger charge is 2.44. The number of hydrogen-bond acceptors (Lipinski definition) is 3. The Kier molecular flexibility index (Phi) is 3.31. The average molecular weight is 234 g/mol. The van der Waals surface area contributed by atoms with Gasteiger partial charge in [0.2, 0.25) is 0 Å². The molecule has 3 nitrogen and oxygen atoms in total. The van der Waals surface area contributed by atoms with Gasteiger partial charge < -0.3 is 14.3 Å². The Morgan fingerprint density at radius 2 is 1.88 bits per heavy atom. The summed E-state index contributed by atoms with van der Waals surface area (Å²) >= 11 is 0. The van der Waals surface area contributed by atoms with Gasteiger partial charge in [-0.05, 0) is 19.4 Å². The molecule has 92 valence electrons. The van der Waals surface area contributed by atoms with E-state index in [1.54, 1.807) is 0 Å². The Labute approximate surface area is 102 Å². The molecule has 1 aromatic rings. The Balaban J connectivity index is 2.28. The zero-order valence-corrected chi connectivity index (χ0v) is 10.4. The lowest BCUT2D eigenvalue weighted by Gasteiger charge is -2.19. The third-order valence-corrected chi connectivity index (χ3v) is 2.99. The predicted molar refractivity (Wildman–Crippen MR) is 64.4 cm³/mol. The van der Waals surface area contributed by atoms with Crippen LogP contribution in [-0.2, 0) is 14.3 Å². The summed E-state index contributed by atoms with van der Waals surface area (Å²) in [6.07, 6.45) is 0.530. The van der Waals surface area contributed by atoms with Crippen LogP contribution in [0.4, 0.5) is 0 Å². The second-order valence-electron chi connectivity index (χ2n) is 4.93. The maximum absolute atomic E-state index is 10.9. The van der Waals surface area contributed by atoms with Crippen LogP contribution in [0.2, 0.25) is 0 Å². The molecule has 1 aromatic carbocycles. The number of carbonyl (C=O) groups excluding carboxylic acids is 1. The summed E-state index contributed by atoms with van der Waals surface area (Å²) in [5.41, 5.74) is 1.05. The number of ether oxygens (including phenoxy) is 2. The van der Waals surface area contributed by atoms with Crippen LogP contribution in [0.15, 0.2) is 30.3 Å². The van der Waals surface area contributed by atoms with Gasteiger partial charge in [0, 0.05) is 5.92 Å². The highest BCUT2D eigenvalue weighted by Crippen LogP contribution is 2.40. The molecule has 0 N–H and O–H groups in total. The fourth-order valence-corrected chi connectivity index (χ4v) is 2.15. The van der Waals surface area contributed by atoms with Crippen LogP contribution in [0.3, 0.4) is 0 Å². The minimum absolute atomic E-state index is 0.175. The van der Waals surface area contributed by atoms with Crippen molar-refractivity contribution in [1.82, 2.24) is 0 Å². The maximum atomic E-state index is 10.9. The van der Waals surface area contributed by atoms with Crippen LogP contribution in [0.25, 0.3) is 0 Å². The van der Waals surface area contributed by atoms with Crippen LogP contribution < -0.4 is 0 Å². The standard InChI is InChI=1S/C14H18O3/c1-10(9-15)12-13(17-14(2,3)16-12)11-7-5-4-6-8-11/h4-10,12-13H,1-3H3/t10-,12+,13+/m0/s1. The number of hydrogen-bond donors (Lipinski definition) is 0. The van der Waals surface area contributed by atoms with Gasteiger partial charge in [0.05, 0.1) is 0 Å². The first-order valence-electron chi connectivity index (χ1n) is 5.89. The average Bonchev–Trinajstić information content (AvgIpc) is 2.65. The molecule has 1 aliphatic heterocycles. The number of benzene rings is 1. The van der Waals surface area contributed by atoms with Gasteiger partial charge in [-0.3, -0.25) is 0 Å². The van der Waals surface area contributed by atoms with E-state index >= 15 is 0 Å². The molecule has 2 rings (SSSR count). The van der Waals surface area contributed by atoms with Gasteiger partial charge in [0.15, 0.2) is 5.79 Å². The van der Waals surface area contributed by atoms with E-state index in [9.17, 15) is 4.79 Å². The summed E-state index contributed by atoms with van der Waals surface area (Å²) in [6.45, 7) is 5.61. The molecular weight excluding hydrogens is 216 g/mol. The molecule has 1 saturated heterocycles. The van der Waals surface area contributed by atoms with Crippen molar-refractivity contribution in [2.75, 3.05) is 0 Å². The molecule has 0 saturated carbocycles. The van der Waals surface area contributed by atoms with E-state index in [4.69, 9.17) is 9.47 Å². The third kappa shape index (κ3) is 2.56. The van der Waals surface area contributed by atoms with Crippen LogP contribution in [0.1, 0.15) is 32.4 Å². The SMILES string of the molecule is C[C@@H](C=O)[C@H]1OC(C)(C)O[C@@H]1c1ccccc1. The number of carbonyl (C=O) groups is 1. The van der Waals surface area contributed by atoms with Crippen molar-refractivity contribution >= 4 is 6.29 Å². The van der Waals surface area contributed by atoms with Gasteiger partial charge in [-0.15, -0.1) is 0 Å². The summed E-state index contributed by atoms with van der Waals surface area (Å²) in [6, 6.07) is 9.89. The molecule has 1 aliphatic rings. The van der Waals surface area contributed by atoms with Crippen LogP contribution >= 0.6 is 0 Å². The van der Waals surface area contributed by atoms with E-state index < -0.39 is 5.79 Å². The molecule has 0 unspecified atom stereocenters. The first-order valence-corrected chi connectivity index (χ1v) is 5.89. The van der Waals surface area contributed by atoms with Gasteiger partial charge in [0.25, 0.3) is 0 Å². The highest BCUT2D eigenvalue weighted by molar-refractivity contribution is 5.54.